The molecule has 0 aliphatic heterocycles. The van der Waals surface area contributed by atoms with Crippen molar-refractivity contribution in [3.05, 3.63) is 62.6 Å². The zero-order chi connectivity index (χ0) is 14.7. The van der Waals surface area contributed by atoms with Crippen LogP contribution in [0.15, 0.2) is 40.9 Å². The summed E-state index contributed by atoms with van der Waals surface area (Å²) in [4.78, 5) is 0.105. The van der Waals surface area contributed by atoms with E-state index in [1.807, 2.05) is 32.0 Å². The highest BCUT2D eigenvalue weighted by Crippen LogP contribution is 2.38. The van der Waals surface area contributed by atoms with Crippen LogP contribution in [0.1, 0.15) is 28.4 Å². The molecule has 106 valence electrons. The van der Waals surface area contributed by atoms with E-state index in [-0.39, 0.29) is 4.83 Å². The van der Waals surface area contributed by atoms with E-state index in [0.29, 0.717) is 6.61 Å². The van der Waals surface area contributed by atoms with E-state index in [1.54, 1.807) is 0 Å². The maximum absolute atomic E-state index is 6.19. The van der Waals surface area contributed by atoms with Gasteiger partial charge in [0.05, 0.1) is 15.9 Å². The second kappa shape index (κ2) is 6.97. The van der Waals surface area contributed by atoms with Gasteiger partial charge in [0.25, 0.3) is 0 Å². The van der Waals surface area contributed by atoms with Crippen molar-refractivity contribution < 1.29 is 4.74 Å². The Balaban J connectivity index is 2.36. The molecule has 0 radical (unpaired) electrons. The Kier molecular flexibility index (Phi) is 5.53. The van der Waals surface area contributed by atoms with Crippen LogP contribution in [0, 0.1) is 6.92 Å². The molecule has 0 aromatic heterocycles. The van der Waals surface area contributed by atoms with Gasteiger partial charge in [-0.25, -0.2) is 0 Å². The second-order valence-electron chi connectivity index (χ2n) is 4.44. The van der Waals surface area contributed by atoms with Crippen LogP contribution >= 0.6 is 43.5 Å². The van der Waals surface area contributed by atoms with E-state index in [1.165, 1.54) is 5.56 Å². The van der Waals surface area contributed by atoms with Gasteiger partial charge in [0, 0.05) is 5.02 Å². The second-order valence-corrected chi connectivity index (χ2v) is 6.62. The molecule has 0 aliphatic carbocycles. The van der Waals surface area contributed by atoms with Crippen molar-refractivity contribution in [1.29, 1.82) is 0 Å². The number of hydrogen-bond acceptors (Lipinski definition) is 1. The molecule has 1 nitrogen and oxygen atoms in total. The fourth-order valence-electron chi connectivity index (χ4n) is 2.03. The maximum atomic E-state index is 6.19. The smallest absolute Gasteiger partial charge is 0.133 e. The lowest BCUT2D eigenvalue weighted by atomic mass is 10.0. The normalized spacial score (nSPS) is 12.2. The molecule has 2 aromatic carbocycles. The van der Waals surface area contributed by atoms with Crippen LogP contribution in [0.4, 0.5) is 0 Å². The molecular formula is C16H15Br2ClO. The molecule has 2 rings (SSSR count). The average molecular weight is 419 g/mol. The number of benzene rings is 2. The lowest BCUT2D eigenvalue weighted by Gasteiger charge is -2.16. The van der Waals surface area contributed by atoms with Crippen LogP contribution in [-0.4, -0.2) is 6.61 Å². The molecule has 0 amide bonds. The van der Waals surface area contributed by atoms with Gasteiger partial charge in [0.15, 0.2) is 0 Å². The van der Waals surface area contributed by atoms with E-state index >= 15 is 0 Å². The summed E-state index contributed by atoms with van der Waals surface area (Å²) in [7, 11) is 0. The summed E-state index contributed by atoms with van der Waals surface area (Å²) in [6.07, 6.45) is 0. The first-order valence-electron chi connectivity index (χ1n) is 6.36. The lowest BCUT2D eigenvalue weighted by molar-refractivity contribution is 0.338. The van der Waals surface area contributed by atoms with Gasteiger partial charge < -0.3 is 4.74 Å². The molecular weight excluding hydrogens is 403 g/mol. The summed E-state index contributed by atoms with van der Waals surface area (Å²) in [5.74, 6) is 0.860. The van der Waals surface area contributed by atoms with Crippen LogP contribution in [0.3, 0.4) is 0 Å². The summed E-state index contributed by atoms with van der Waals surface area (Å²) in [5, 5.41) is 0.789. The van der Waals surface area contributed by atoms with Crippen molar-refractivity contribution in [3.63, 3.8) is 0 Å². The fourth-order valence-corrected chi connectivity index (χ4v) is 3.50. The Morgan fingerprint density at radius 3 is 2.65 bits per heavy atom. The van der Waals surface area contributed by atoms with Crippen LogP contribution in [0.2, 0.25) is 5.02 Å². The van der Waals surface area contributed by atoms with Crippen molar-refractivity contribution in [2.24, 2.45) is 0 Å². The predicted octanol–water partition coefficient (Wildman–Crippen LogP) is 6.29. The first-order valence-corrected chi connectivity index (χ1v) is 8.44. The average Bonchev–Trinajstić information content (AvgIpc) is 2.43. The third-order valence-electron chi connectivity index (χ3n) is 3.13. The quantitative estimate of drug-likeness (QED) is 0.530. The van der Waals surface area contributed by atoms with E-state index in [0.717, 1.165) is 26.4 Å². The summed E-state index contributed by atoms with van der Waals surface area (Å²) in [6, 6.07) is 12.1. The molecule has 0 spiro atoms. The Morgan fingerprint density at radius 2 is 2.00 bits per heavy atom. The maximum Gasteiger partial charge on any atom is 0.133 e. The standard InChI is InChI=1S/C16H15Br2ClO/c1-3-20-15-8-7-11(9-13(15)17)16(18)12-5-4-6-14(19)10(12)2/h4-9,16H,3H2,1-2H3. The van der Waals surface area contributed by atoms with E-state index in [4.69, 9.17) is 16.3 Å². The third kappa shape index (κ3) is 3.38. The molecule has 20 heavy (non-hydrogen) atoms. The highest BCUT2D eigenvalue weighted by atomic mass is 79.9. The van der Waals surface area contributed by atoms with E-state index < -0.39 is 0 Å². The SMILES string of the molecule is CCOc1ccc(C(Br)c2cccc(Cl)c2C)cc1Br. The molecule has 0 bridgehead atoms. The number of halogens is 3. The van der Waals surface area contributed by atoms with Crippen molar-refractivity contribution in [3.8, 4) is 5.75 Å². The van der Waals surface area contributed by atoms with Crippen molar-refractivity contribution in [1.82, 2.24) is 0 Å². The lowest BCUT2D eigenvalue weighted by Crippen LogP contribution is -1.98. The topological polar surface area (TPSA) is 9.23 Å². The monoisotopic (exact) mass is 416 g/mol. The summed E-state index contributed by atoms with van der Waals surface area (Å²) in [5.41, 5.74) is 3.43. The van der Waals surface area contributed by atoms with Crippen LogP contribution in [0.5, 0.6) is 5.75 Å². The highest BCUT2D eigenvalue weighted by Gasteiger charge is 2.15. The Hall–Kier alpha value is -0.510. The van der Waals surface area contributed by atoms with Gasteiger partial charge >= 0.3 is 0 Å². The summed E-state index contributed by atoms with van der Waals surface area (Å²) < 4.78 is 6.50. The largest absolute Gasteiger partial charge is 0.493 e. The molecule has 0 saturated carbocycles. The molecule has 4 heteroatoms. The Bertz CT molecular complexity index is 613. The minimum absolute atomic E-state index is 0.105. The van der Waals surface area contributed by atoms with Gasteiger partial charge in [-0.05, 0) is 64.7 Å². The highest BCUT2D eigenvalue weighted by molar-refractivity contribution is 9.10. The molecule has 0 aliphatic rings. The molecule has 2 aromatic rings. The van der Waals surface area contributed by atoms with Crippen LogP contribution < -0.4 is 4.74 Å². The van der Waals surface area contributed by atoms with Crippen molar-refractivity contribution in [2.45, 2.75) is 18.7 Å². The zero-order valence-corrected chi connectivity index (χ0v) is 15.2. The first kappa shape index (κ1) is 15.9. The zero-order valence-electron chi connectivity index (χ0n) is 11.3. The Morgan fingerprint density at radius 1 is 1.25 bits per heavy atom. The van der Waals surface area contributed by atoms with Gasteiger partial charge in [-0.1, -0.05) is 45.7 Å². The molecule has 0 N–H and O–H groups in total. The molecule has 0 heterocycles. The number of rotatable bonds is 4. The number of ether oxygens (including phenoxy) is 1. The predicted molar refractivity (Wildman–Crippen MR) is 92.3 cm³/mol. The van der Waals surface area contributed by atoms with Gasteiger partial charge in [0.2, 0.25) is 0 Å². The minimum Gasteiger partial charge on any atom is -0.493 e. The third-order valence-corrected chi connectivity index (χ3v) is 5.18. The first-order chi connectivity index (χ1) is 9.54. The summed E-state index contributed by atoms with van der Waals surface area (Å²) >= 11 is 13.5. The minimum atomic E-state index is 0.105. The van der Waals surface area contributed by atoms with E-state index in [9.17, 15) is 0 Å². The molecule has 1 unspecified atom stereocenters. The Labute approximate surface area is 141 Å². The molecule has 0 fully saturated rings. The van der Waals surface area contributed by atoms with Gasteiger partial charge in [-0.3, -0.25) is 0 Å². The van der Waals surface area contributed by atoms with Crippen molar-refractivity contribution >= 4 is 43.5 Å². The number of alkyl halides is 1. The summed E-state index contributed by atoms with van der Waals surface area (Å²) in [6.45, 7) is 4.67. The van der Waals surface area contributed by atoms with Gasteiger partial charge in [-0.15, -0.1) is 0 Å². The van der Waals surface area contributed by atoms with Crippen LogP contribution in [-0.2, 0) is 0 Å². The van der Waals surface area contributed by atoms with Gasteiger partial charge in [-0.2, -0.15) is 0 Å². The van der Waals surface area contributed by atoms with Gasteiger partial charge in [0.1, 0.15) is 5.75 Å². The fraction of sp³-hybridized carbons (Fsp3) is 0.250. The van der Waals surface area contributed by atoms with Crippen molar-refractivity contribution in [2.75, 3.05) is 6.61 Å². The number of hydrogen-bond donors (Lipinski definition) is 0. The van der Waals surface area contributed by atoms with E-state index in [2.05, 4.69) is 50.1 Å². The van der Waals surface area contributed by atoms with Crippen LogP contribution in [0.25, 0.3) is 0 Å². The molecule has 1 atom stereocenters. The molecule has 0 saturated heterocycles.